The normalized spacial score (nSPS) is 17.8. The number of rotatable bonds is 2. The van der Waals surface area contributed by atoms with Crippen molar-refractivity contribution in [3.63, 3.8) is 0 Å². The van der Waals surface area contributed by atoms with Crippen molar-refractivity contribution < 1.29 is 0 Å². The second-order valence-corrected chi connectivity index (χ2v) is 6.43. The maximum atomic E-state index is 4.34. The molecule has 0 N–H and O–H groups in total. The molecule has 2 aromatic rings. The predicted octanol–water partition coefficient (Wildman–Crippen LogP) is 8.36. The molecule has 0 bridgehead atoms. The van der Waals surface area contributed by atoms with Crippen LogP contribution in [-0.2, 0) is 5.41 Å². The molecule has 0 nitrogen and oxygen atoms in total. The summed E-state index contributed by atoms with van der Waals surface area (Å²) in [5.41, 5.74) is 8.95. The van der Waals surface area contributed by atoms with Crippen LogP contribution in [0.5, 0.6) is 0 Å². The molecular formula is C29H32. The fourth-order valence-corrected chi connectivity index (χ4v) is 4.43. The van der Waals surface area contributed by atoms with Crippen molar-refractivity contribution in [2.45, 2.75) is 33.1 Å². The Kier molecular flexibility index (Phi) is 7.18. The van der Waals surface area contributed by atoms with E-state index in [1.54, 1.807) is 0 Å². The number of fused-ring (bicyclic) bond motifs is 5. The summed E-state index contributed by atoms with van der Waals surface area (Å²) >= 11 is 0. The lowest BCUT2D eigenvalue weighted by molar-refractivity contribution is 0.790. The maximum Gasteiger partial charge on any atom is 0.0725 e. The third kappa shape index (κ3) is 3.09. The van der Waals surface area contributed by atoms with Gasteiger partial charge in [0.25, 0.3) is 0 Å². The minimum Gasteiger partial charge on any atom is -0.0991 e. The molecule has 1 spiro atoms. The molecule has 0 unspecified atom stereocenters. The van der Waals surface area contributed by atoms with Crippen LogP contribution in [0.15, 0.2) is 121 Å². The van der Waals surface area contributed by atoms with Crippen LogP contribution in [0.25, 0.3) is 11.1 Å². The van der Waals surface area contributed by atoms with E-state index in [0.717, 1.165) is 22.3 Å². The first kappa shape index (κ1) is 22.2. The van der Waals surface area contributed by atoms with E-state index in [0.29, 0.717) is 0 Å². The molecule has 0 amide bonds. The van der Waals surface area contributed by atoms with E-state index in [1.807, 2.05) is 39.8 Å². The van der Waals surface area contributed by atoms with Gasteiger partial charge in [-0.3, -0.25) is 0 Å². The van der Waals surface area contributed by atoms with Crippen molar-refractivity contribution >= 4 is 0 Å². The Hall–Kier alpha value is -3.12. The summed E-state index contributed by atoms with van der Waals surface area (Å²) in [5.74, 6) is 0. The largest absolute Gasteiger partial charge is 0.0991 e. The molecule has 0 heterocycles. The van der Waals surface area contributed by atoms with Gasteiger partial charge < -0.3 is 0 Å². The molecule has 0 aliphatic heterocycles. The topological polar surface area (TPSA) is 0 Å². The van der Waals surface area contributed by atoms with Crippen LogP contribution < -0.4 is 0 Å². The quantitative estimate of drug-likeness (QED) is 0.491. The van der Waals surface area contributed by atoms with Crippen molar-refractivity contribution in [3.8, 4) is 11.1 Å². The minimum absolute atomic E-state index is 0.385. The van der Waals surface area contributed by atoms with E-state index in [2.05, 4.69) is 87.0 Å². The van der Waals surface area contributed by atoms with Crippen molar-refractivity contribution in [1.82, 2.24) is 0 Å². The molecule has 0 saturated heterocycles. The minimum atomic E-state index is -0.385. The molecule has 4 rings (SSSR count). The van der Waals surface area contributed by atoms with Crippen LogP contribution >= 0.6 is 0 Å². The van der Waals surface area contributed by atoms with Crippen molar-refractivity contribution in [3.05, 3.63) is 133 Å². The van der Waals surface area contributed by atoms with Gasteiger partial charge in [-0.2, -0.15) is 0 Å². The predicted molar refractivity (Wildman–Crippen MR) is 130 cm³/mol. The van der Waals surface area contributed by atoms with Gasteiger partial charge in [0, 0.05) is 0 Å². The molecule has 0 heteroatoms. The standard InChI is InChI=1S/C25H20.2C2H6/c1-5-11-21-17(3)18(4)22(12-6-2)25(21)23-15-9-7-13-19(23)20-14-8-10-16-24(20)25;2*1-2/h5-16H,1-4H2;2*1-2H3/b21-11+,22-12+;;. The molecule has 0 radical (unpaired) electrons. The highest BCUT2D eigenvalue weighted by atomic mass is 14.5. The molecule has 1 fully saturated rings. The SMILES string of the molecule is C=C/C=C1\C(=C)C(=C)/C(=C\C=C)C12c1ccccc1-c1ccccc12.CC.CC. The van der Waals surface area contributed by atoms with Gasteiger partial charge in [0.2, 0.25) is 0 Å². The summed E-state index contributed by atoms with van der Waals surface area (Å²) in [6.07, 6.45) is 7.85. The van der Waals surface area contributed by atoms with Gasteiger partial charge in [-0.1, -0.05) is 127 Å². The van der Waals surface area contributed by atoms with E-state index in [1.165, 1.54) is 22.3 Å². The third-order valence-electron chi connectivity index (χ3n) is 5.34. The maximum absolute atomic E-state index is 4.34. The Labute approximate surface area is 177 Å². The number of allylic oxidation sites excluding steroid dienone is 8. The van der Waals surface area contributed by atoms with Crippen LogP contribution in [0.4, 0.5) is 0 Å². The Bertz CT molecular complexity index is 924. The second kappa shape index (κ2) is 9.39. The molecule has 0 aromatic heterocycles. The van der Waals surface area contributed by atoms with Crippen molar-refractivity contribution in [2.75, 3.05) is 0 Å². The van der Waals surface area contributed by atoms with Crippen molar-refractivity contribution in [2.24, 2.45) is 0 Å². The third-order valence-corrected chi connectivity index (χ3v) is 5.34. The van der Waals surface area contributed by atoms with Gasteiger partial charge in [0.15, 0.2) is 0 Å². The zero-order chi connectivity index (χ0) is 21.6. The first-order valence-electron chi connectivity index (χ1n) is 10.4. The van der Waals surface area contributed by atoms with Gasteiger partial charge >= 0.3 is 0 Å². The molecule has 1 saturated carbocycles. The summed E-state index contributed by atoms with van der Waals surface area (Å²) in [5, 5.41) is 0. The molecule has 2 aromatic carbocycles. The summed E-state index contributed by atoms with van der Waals surface area (Å²) < 4.78 is 0. The molecule has 0 atom stereocenters. The average molecular weight is 381 g/mol. The highest BCUT2D eigenvalue weighted by molar-refractivity contribution is 5.92. The Morgan fingerprint density at radius 3 is 1.31 bits per heavy atom. The van der Waals surface area contributed by atoms with E-state index >= 15 is 0 Å². The van der Waals surface area contributed by atoms with E-state index in [9.17, 15) is 0 Å². The molecular weight excluding hydrogens is 348 g/mol. The smallest absolute Gasteiger partial charge is 0.0725 e. The van der Waals surface area contributed by atoms with Crippen LogP contribution in [0, 0.1) is 0 Å². The Morgan fingerprint density at radius 2 is 0.966 bits per heavy atom. The fraction of sp³-hybridized carbons (Fsp3) is 0.172. The van der Waals surface area contributed by atoms with E-state index < -0.39 is 0 Å². The number of hydrogen-bond acceptors (Lipinski definition) is 0. The Balaban J connectivity index is 0.000000707. The number of benzene rings is 2. The summed E-state index contributed by atoms with van der Waals surface area (Å²) in [6.45, 7) is 24.6. The lowest BCUT2D eigenvalue weighted by atomic mass is 9.70. The monoisotopic (exact) mass is 380 g/mol. The fourth-order valence-electron chi connectivity index (χ4n) is 4.43. The van der Waals surface area contributed by atoms with Gasteiger partial charge in [-0.15, -0.1) is 0 Å². The van der Waals surface area contributed by atoms with E-state index in [4.69, 9.17) is 0 Å². The summed E-state index contributed by atoms with van der Waals surface area (Å²) in [7, 11) is 0. The zero-order valence-corrected chi connectivity index (χ0v) is 18.3. The Morgan fingerprint density at radius 1 is 0.621 bits per heavy atom. The van der Waals surface area contributed by atoms with E-state index in [-0.39, 0.29) is 5.41 Å². The summed E-state index contributed by atoms with van der Waals surface area (Å²) in [6, 6.07) is 17.2. The number of hydrogen-bond donors (Lipinski definition) is 0. The van der Waals surface area contributed by atoms with Gasteiger partial charge in [-0.25, -0.2) is 0 Å². The zero-order valence-electron chi connectivity index (χ0n) is 18.3. The highest BCUT2D eigenvalue weighted by Crippen LogP contribution is 2.63. The van der Waals surface area contributed by atoms with Gasteiger partial charge in [0.05, 0.1) is 5.41 Å². The summed E-state index contributed by atoms with van der Waals surface area (Å²) in [4.78, 5) is 0. The molecule has 2 aliphatic rings. The first-order chi connectivity index (χ1) is 14.2. The molecule has 29 heavy (non-hydrogen) atoms. The van der Waals surface area contributed by atoms with Crippen LogP contribution in [0.3, 0.4) is 0 Å². The van der Waals surface area contributed by atoms with Crippen LogP contribution in [0.2, 0.25) is 0 Å². The average Bonchev–Trinajstić information content (AvgIpc) is 3.19. The van der Waals surface area contributed by atoms with Crippen LogP contribution in [-0.4, -0.2) is 0 Å². The second-order valence-electron chi connectivity index (χ2n) is 6.43. The van der Waals surface area contributed by atoms with Crippen LogP contribution in [0.1, 0.15) is 38.8 Å². The lowest BCUT2D eigenvalue weighted by Crippen LogP contribution is -2.26. The van der Waals surface area contributed by atoms with Crippen molar-refractivity contribution in [1.29, 1.82) is 0 Å². The molecule has 148 valence electrons. The highest BCUT2D eigenvalue weighted by Gasteiger charge is 2.53. The first-order valence-corrected chi connectivity index (χ1v) is 10.4. The van der Waals surface area contributed by atoms with Gasteiger partial charge in [-0.05, 0) is 44.5 Å². The van der Waals surface area contributed by atoms with Gasteiger partial charge in [0.1, 0.15) is 0 Å². The lowest BCUT2D eigenvalue weighted by Gasteiger charge is -2.30. The molecule has 2 aliphatic carbocycles.